The maximum Gasteiger partial charge on any atom is 0.227 e. The van der Waals surface area contributed by atoms with Gasteiger partial charge >= 0.3 is 0 Å². The highest BCUT2D eigenvalue weighted by Crippen LogP contribution is 2.28. The Morgan fingerprint density at radius 3 is 2.62 bits per heavy atom. The van der Waals surface area contributed by atoms with Crippen molar-refractivity contribution in [2.45, 2.75) is 11.3 Å². The molecule has 136 valence electrons. The lowest BCUT2D eigenvalue weighted by Gasteiger charge is -2.06. The maximum atomic E-state index is 12.3. The SMILES string of the molecule is COc1ccc(S(=O)(=O)CCC(=O)Nc2nc(-c3cccs3)cs2)cc1. The van der Waals surface area contributed by atoms with E-state index in [4.69, 9.17) is 4.74 Å². The van der Waals surface area contributed by atoms with Crippen molar-refractivity contribution in [3.8, 4) is 16.3 Å². The highest BCUT2D eigenvalue weighted by Gasteiger charge is 2.17. The monoisotopic (exact) mass is 408 g/mol. The van der Waals surface area contributed by atoms with Crippen molar-refractivity contribution >= 4 is 43.5 Å². The van der Waals surface area contributed by atoms with Crippen LogP contribution >= 0.6 is 22.7 Å². The lowest BCUT2D eigenvalue weighted by Crippen LogP contribution is -2.17. The Hall–Kier alpha value is -2.23. The summed E-state index contributed by atoms with van der Waals surface area (Å²) in [6, 6.07) is 9.98. The van der Waals surface area contributed by atoms with E-state index in [9.17, 15) is 13.2 Å². The van der Waals surface area contributed by atoms with Crippen molar-refractivity contribution in [3.63, 3.8) is 0 Å². The summed E-state index contributed by atoms with van der Waals surface area (Å²) >= 11 is 2.88. The summed E-state index contributed by atoms with van der Waals surface area (Å²) in [5, 5.41) is 6.93. The smallest absolute Gasteiger partial charge is 0.227 e. The van der Waals surface area contributed by atoms with Crippen LogP contribution in [0.5, 0.6) is 5.75 Å². The molecule has 3 aromatic rings. The zero-order valence-corrected chi connectivity index (χ0v) is 16.3. The van der Waals surface area contributed by atoms with Crippen LogP contribution in [0.3, 0.4) is 0 Å². The topological polar surface area (TPSA) is 85.4 Å². The molecule has 0 radical (unpaired) electrons. The molecular weight excluding hydrogens is 392 g/mol. The van der Waals surface area contributed by atoms with Crippen LogP contribution in [0.15, 0.2) is 52.1 Å². The largest absolute Gasteiger partial charge is 0.497 e. The number of rotatable bonds is 7. The van der Waals surface area contributed by atoms with Gasteiger partial charge in [0.1, 0.15) is 5.75 Å². The molecule has 1 amide bonds. The number of benzene rings is 1. The Balaban J connectivity index is 1.58. The first-order valence-corrected chi connectivity index (χ1v) is 11.1. The summed E-state index contributed by atoms with van der Waals surface area (Å²) < 4.78 is 29.6. The third kappa shape index (κ3) is 4.48. The van der Waals surface area contributed by atoms with Crippen molar-refractivity contribution in [2.24, 2.45) is 0 Å². The zero-order chi connectivity index (χ0) is 18.6. The molecule has 0 fully saturated rings. The summed E-state index contributed by atoms with van der Waals surface area (Å²) in [5.74, 6) is -0.0740. The maximum absolute atomic E-state index is 12.3. The number of nitrogens with zero attached hydrogens (tertiary/aromatic N) is 1. The molecule has 1 aromatic carbocycles. The summed E-state index contributed by atoms with van der Waals surface area (Å²) in [5.41, 5.74) is 0.797. The van der Waals surface area contributed by atoms with Gasteiger partial charge in [0, 0.05) is 11.8 Å². The minimum Gasteiger partial charge on any atom is -0.497 e. The van der Waals surface area contributed by atoms with E-state index in [0.29, 0.717) is 10.9 Å². The summed E-state index contributed by atoms with van der Waals surface area (Å²) in [7, 11) is -2.02. The fourth-order valence-electron chi connectivity index (χ4n) is 2.18. The predicted octanol–water partition coefficient (Wildman–Crippen LogP) is 3.68. The molecule has 0 unspecified atom stereocenters. The van der Waals surface area contributed by atoms with Gasteiger partial charge in [-0.25, -0.2) is 13.4 Å². The van der Waals surface area contributed by atoms with Crippen molar-refractivity contribution in [1.29, 1.82) is 0 Å². The Morgan fingerprint density at radius 2 is 1.96 bits per heavy atom. The molecule has 0 aliphatic carbocycles. The molecule has 0 aliphatic rings. The first-order chi connectivity index (χ1) is 12.5. The standard InChI is InChI=1S/C17H16N2O4S3/c1-23-12-4-6-13(7-5-12)26(21,22)10-8-16(20)19-17-18-14(11-25-17)15-3-2-9-24-15/h2-7,9,11H,8,10H2,1H3,(H,18,19,20). The van der Waals surface area contributed by atoms with Gasteiger partial charge in [0.05, 0.1) is 28.3 Å². The number of thiophene rings is 1. The number of ether oxygens (including phenoxy) is 1. The summed E-state index contributed by atoms with van der Waals surface area (Å²) in [6.07, 6.45) is -0.137. The number of sulfone groups is 1. The molecule has 0 aliphatic heterocycles. The molecule has 1 N–H and O–H groups in total. The average molecular weight is 409 g/mol. The molecular formula is C17H16N2O4S3. The van der Waals surface area contributed by atoms with E-state index in [2.05, 4.69) is 10.3 Å². The molecule has 0 saturated heterocycles. The second-order valence-electron chi connectivity index (χ2n) is 5.31. The lowest BCUT2D eigenvalue weighted by molar-refractivity contribution is -0.115. The molecule has 26 heavy (non-hydrogen) atoms. The molecule has 6 nitrogen and oxygen atoms in total. The van der Waals surface area contributed by atoms with Gasteiger partial charge in [-0.15, -0.1) is 22.7 Å². The third-order valence-electron chi connectivity index (χ3n) is 3.54. The first kappa shape index (κ1) is 18.6. The Kier molecular flexibility index (Phi) is 5.70. The quantitative estimate of drug-likeness (QED) is 0.644. The Bertz CT molecular complexity index is 977. The molecule has 2 heterocycles. The minimum atomic E-state index is -3.53. The highest BCUT2D eigenvalue weighted by molar-refractivity contribution is 7.91. The first-order valence-electron chi connectivity index (χ1n) is 7.64. The molecule has 0 spiro atoms. The number of aromatic nitrogens is 1. The number of carbonyl (C=O) groups is 1. The predicted molar refractivity (Wildman–Crippen MR) is 104 cm³/mol. The van der Waals surface area contributed by atoms with Gasteiger partial charge in [0.15, 0.2) is 15.0 Å². The van der Waals surface area contributed by atoms with Crippen LogP contribution in [0.4, 0.5) is 5.13 Å². The van der Waals surface area contributed by atoms with Gasteiger partial charge in [0.2, 0.25) is 5.91 Å². The lowest BCUT2D eigenvalue weighted by atomic mass is 10.3. The molecule has 2 aromatic heterocycles. The van der Waals surface area contributed by atoms with Crippen LogP contribution in [0.25, 0.3) is 10.6 Å². The van der Waals surface area contributed by atoms with E-state index >= 15 is 0 Å². The normalized spacial score (nSPS) is 11.3. The molecule has 0 bridgehead atoms. The van der Waals surface area contributed by atoms with Gasteiger partial charge in [0.25, 0.3) is 0 Å². The van der Waals surface area contributed by atoms with Gasteiger partial charge < -0.3 is 10.1 Å². The van der Waals surface area contributed by atoms with Crippen molar-refractivity contribution < 1.29 is 17.9 Å². The van der Waals surface area contributed by atoms with Crippen molar-refractivity contribution in [1.82, 2.24) is 4.98 Å². The van der Waals surface area contributed by atoms with Crippen molar-refractivity contribution in [3.05, 3.63) is 47.2 Å². The van der Waals surface area contributed by atoms with Crippen LogP contribution in [-0.2, 0) is 14.6 Å². The molecule has 9 heteroatoms. The van der Waals surface area contributed by atoms with Gasteiger partial charge in [-0.3, -0.25) is 4.79 Å². The van der Waals surface area contributed by atoms with Crippen LogP contribution in [0, 0.1) is 0 Å². The third-order valence-corrected chi connectivity index (χ3v) is 6.92. The van der Waals surface area contributed by atoms with Crippen molar-refractivity contribution in [2.75, 3.05) is 18.2 Å². The summed E-state index contributed by atoms with van der Waals surface area (Å²) in [4.78, 5) is 17.6. The van der Waals surface area contributed by atoms with E-state index in [1.807, 2.05) is 22.9 Å². The van der Waals surface area contributed by atoms with E-state index < -0.39 is 9.84 Å². The zero-order valence-electron chi connectivity index (χ0n) is 13.8. The number of hydrogen-bond acceptors (Lipinski definition) is 7. The Labute approximate surface area is 159 Å². The van der Waals surface area contributed by atoms with E-state index in [1.165, 1.54) is 30.6 Å². The van der Waals surface area contributed by atoms with Crippen LogP contribution < -0.4 is 10.1 Å². The Morgan fingerprint density at radius 1 is 1.19 bits per heavy atom. The molecule has 0 saturated carbocycles. The number of hydrogen-bond donors (Lipinski definition) is 1. The average Bonchev–Trinajstić information content (AvgIpc) is 3.32. The van der Waals surface area contributed by atoms with Gasteiger partial charge in [-0.2, -0.15) is 0 Å². The van der Waals surface area contributed by atoms with Gasteiger partial charge in [-0.1, -0.05) is 6.07 Å². The molecule has 3 rings (SSSR count). The van der Waals surface area contributed by atoms with E-state index in [0.717, 1.165) is 10.6 Å². The number of amides is 1. The number of nitrogens with one attached hydrogen (secondary N) is 1. The fraction of sp³-hybridized carbons (Fsp3) is 0.176. The van der Waals surface area contributed by atoms with Crippen LogP contribution in [0.1, 0.15) is 6.42 Å². The number of thiazole rings is 1. The van der Waals surface area contributed by atoms with Crippen LogP contribution in [0.2, 0.25) is 0 Å². The van der Waals surface area contributed by atoms with Crippen LogP contribution in [-0.4, -0.2) is 32.2 Å². The number of anilines is 1. The summed E-state index contributed by atoms with van der Waals surface area (Å²) in [6.45, 7) is 0. The number of methoxy groups -OCH3 is 1. The van der Waals surface area contributed by atoms with Gasteiger partial charge in [-0.05, 0) is 35.7 Å². The second-order valence-corrected chi connectivity index (χ2v) is 9.22. The second kappa shape index (κ2) is 7.98. The fourth-order valence-corrected chi connectivity index (χ4v) is 4.91. The molecule has 0 atom stereocenters. The van der Waals surface area contributed by atoms with E-state index in [1.54, 1.807) is 23.5 Å². The highest BCUT2D eigenvalue weighted by atomic mass is 32.2. The minimum absolute atomic E-state index is 0.137. The van der Waals surface area contributed by atoms with E-state index in [-0.39, 0.29) is 23.0 Å². The number of carbonyl (C=O) groups excluding carboxylic acids is 1.